The highest BCUT2D eigenvalue weighted by Gasteiger charge is 2.18. The summed E-state index contributed by atoms with van der Waals surface area (Å²) >= 11 is 7.13. The fraction of sp³-hybridized carbons (Fsp3) is 0.412. The van der Waals surface area contributed by atoms with Gasteiger partial charge in [-0.3, -0.25) is 0 Å². The number of thioether (sulfide) groups is 1. The minimum absolute atomic E-state index is 0.651. The number of rotatable bonds is 4. The van der Waals surface area contributed by atoms with Crippen molar-refractivity contribution in [3.63, 3.8) is 0 Å². The van der Waals surface area contributed by atoms with Crippen LogP contribution < -0.4 is 0 Å². The van der Waals surface area contributed by atoms with Crippen molar-refractivity contribution in [1.29, 1.82) is 0 Å². The predicted molar refractivity (Wildman–Crippen MR) is 91.4 cm³/mol. The number of H-pyrrole nitrogens is 1. The normalized spacial score (nSPS) is 15.5. The third kappa shape index (κ3) is 3.95. The van der Waals surface area contributed by atoms with Gasteiger partial charge in [-0.05, 0) is 43.9 Å². The van der Waals surface area contributed by atoms with Gasteiger partial charge in [0.05, 0.1) is 5.75 Å². The van der Waals surface area contributed by atoms with E-state index in [-0.39, 0.29) is 0 Å². The first kappa shape index (κ1) is 14.8. The molecule has 21 heavy (non-hydrogen) atoms. The maximum Gasteiger partial charge on any atom is 0.130 e. The molecule has 0 spiro atoms. The first-order valence-electron chi connectivity index (χ1n) is 7.50. The molecule has 3 rings (SSSR count). The van der Waals surface area contributed by atoms with Gasteiger partial charge in [0.25, 0.3) is 0 Å². The van der Waals surface area contributed by atoms with Gasteiger partial charge < -0.3 is 4.98 Å². The third-order valence-electron chi connectivity index (χ3n) is 4.00. The van der Waals surface area contributed by atoms with Crippen LogP contribution in [0, 0.1) is 11.6 Å². The minimum atomic E-state index is 0.651. The molecule has 110 valence electrons. The smallest absolute Gasteiger partial charge is 0.130 e. The SMILES string of the molecule is Cc1ccc(SCc2nc(=S)cc(C3CCCC3)[nH]2)cc1. The summed E-state index contributed by atoms with van der Waals surface area (Å²) in [6.45, 7) is 2.11. The second kappa shape index (κ2) is 6.75. The monoisotopic (exact) mass is 316 g/mol. The van der Waals surface area contributed by atoms with E-state index in [1.165, 1.54) is 41.8 Å². The van der Waals surface area contributed by atoms with E-state index in [1.54, 1.807) is 11.8 Å². The van der Waals surface area contributed by atoms with Crippen LogP contribution in [0.5, 0.6) is 0 Å². The second-order valence-corrected chi connectivity index (χ2v) is 7.17. The van der Waals surface area contributed by atoms with Gasteiger partial charge in [0.15, 0.2) is 0 Å². The number of aromatic amines is 1. The van der Waals surface area contributed by atoms with Crippen LogP contribution in [0.25, 0.3) is 0 Å². The maximum atomic E-state index is 5.33. The molecule has 1 aromatic carbocycles. The molecule has 1 aliphatic rings. The molecule has 1 N–H and O–H groups in total. The van der Waals surface area contributed by atoms with Gasteiger partial charge in [-0.15, -0.1) is 11.8 Å². The van der Waals surface area contributed by atoms with Crippen molar-refractivity contribution in [2.45, 2.75) is 49.2 Å². The number of benzene rings is 1. The average Bonchev–Trinajstić information content (AvgIpc) is 3.00. The van der Waals surface area contributed by atoms with Crippen molar-refractivity contribution in [3.8, 4) is 0 Å². The molecule has 4 heteroatoms. The zero-order chi connectivity index (χ0) is 14.7. The number of nitrogens with zero attached hydrogens (tertiary/aromatic N) is 1. The van der Waals surface area contributed by atoms with Gasteiger partial charge in [0.1, 0.15) is 10.5 Å². The third-order valence-corrected chi connectivity index (χ3v) is 5.24. The highest BCUT2D eigenvalue weighted by atomic mass is 32.2. The molecule has 0 bridgehead atoms. The maximum absolute atomic E-state index is 5.33. The Morgan fingerprint density at radius 2 is 1.95 bits per heavy atom. The molecule has 1 fully saturated rings. The van der Waals surface area contributed by atoms with E-state index in [4.69, 9.17) is 12.2 Å². The van der Waals surface area contributed by atoms with E-state index >= 15 is 0 Å². The lowest BCUT2D eigenvalue weighted by Crippen LogP contribution is -2.02. The fourth-order valence-electron chi connectivity index (χ4n) is 2.84. The van der Waals surface area contributed by atoms with Crippen molar-refractivity contribution in [2.24, 2.45) is 0 Å². The molecular formula is C17H20N2S2. The molecule has 2 aromatic rings. The molecule has 0 unspecified atom stereocenters. The van der Waals surface area contributed by atoms with Gasteiger partial charge in [0.2, 0.25) is 0 Å². The van der Waals surface area contributed by atoms with Crippen LogP contribution in [0.4, 0.5) is 0 Å². The highest BCUT2D eigenvalue weighted by Crippen LogP contribution is 2.33. The van der Waals surface area contributed by atoms with Gasteiger partial charge in [0, 0.05) is 10.6 Å². The molecule has 0 atom stereocenters. The zero-order valence-corrected chi connectivity index (χ0v) is 13.9. The summed E-state index contributed by atoms with van der Waals surface area (Å²) < 4.78 is 0.718. The zero-order valence-electron chi connectivity index (χ0n) is 12.3. The Labute approximate surface area is 135 Å². The Kier molecular flexibility index (Phi) is 4.76. The Bertz CT molecular complexity index is 655. The molecule has 1 aliphatic carbocycles. The fourth-order valence-corrected chi connectivity index (χ4v) is 3.85. The quantitative estimate of drug-likeness (QED) is 0.605. The molecule has 1 saturated carbocycles. The predicted octanol–water partition coefficient (Wildman–Crippen LogP) is 5.40. The Balaban J connectivity index is 1.72. The first-order valence-corrected chi connectivity index (χ1v) is 8.90. The van der Waals surface area contributed by atoms with Gasteiger partial charge >= 0.3 is 0 Å². The van der Waals surface area contributed by atoms with E-state index in [0.29, 0.717) is 5.92 Å². The van der Waals surface area contributed by atoms with Crippen LogP contribution in [0.2, 0.25) is 0 Å². The molecule has 0 radical (unpaired) electrons. The second-order valence-electron chi connectivity index (χ2n) is 5.70. The Morgan fingerprint density at radius 3 is 2.67 bits per heavy atom. The topological polar surface area (TPSA) is 28.7 Å². The summed E-state index contributed by atoms with van der Waals surface area (Å²) in [4.78, 5) is 9.26. The molecule has 0 aliphatic heterocycles. The van der Waals surface area contributed by atoms with E-state index in [1.807, 2.05) is 6.07 Å². The van der Waals surface area contributed by atoms with Crippen molar-refractivity contribution in [3.05, 3.63) is 52.1 Å². The number of hydrogen-bond donors (Lipinski definition) is 1. The van der Waals surface area contributed by atoms with Crippen molar-refractivity contribution < 1.29 is 0 Å². The summed E-state index contributed by atoms with van der Waals surface area (Å²) in [6.07, 6.45) is 5.22. The highest BCUT2D eigenvalue weighted by molar-refractivity contribution is 7.98. The molecule has 0 amide bonds. The lowest BCUT2D eigenvalue weighted by Gasteiger charge is -2.11. The molecule has 0 saturated heterocycles. The van der Waals surface area contributed by atoms with Crippen LogP contribution >= 0.6 is 24.0 Å². The Morgan fingerprint density at radius 1 is 1.24 bits per heavy atom. The lowest BCUT2D eigenvalue weighted by atomic mass is 10.0. The number of aryl methyl sites for hydroxylation is 1. The van der Waals surface area contributed by atoms with Crippen molar-refractivity contribution >= 4 is 24.0 Å². The van der Waals surface area contributed by atoms with Gasteiger partial charge in [-0.2, -0.15) is 0 Å². The van der Waals surface area contributed by atoms with Gasteiger partial charge in [-0.25, -0.2) is 4.98 Å². The van der Waals surface area contributed by atoms with E-state index in [0.717, 1.165) is 16.2 Å². The van der Waals surface area contributed by atoms with E-state index in [2.05, 4.69) is 41.2 Å². The largest absolute Gasteiger partial charge is 0.346 e. The summed E-state index contributed by atoms with van der Waals surface area (Å²) in [6, 6.07) is 10.7. The average molecular weight is 316 g/mol. The van der Waals surface area contributed by atoms with Crippen LogP contribution in [0.1, 0.15) is 48.7 Å². The summed E-state index contributed by atoms with van der Waals surface area (Å²) in [5.41, 5.74) is 2.58. The standard InChI is InChI=1S/C17H20N2S2/c1-12-6-8-14(9-7-12)21-11-16-18-15(10-17(20)19-16)13-4-2-3-5-13/h6-10,13H,2-5,11H2,1H3,(H,18,19,20). The first-order chi connectivity index (χ1) is 10.2. The molecule has 1 heterocycles. The van der Waals surface area contributed by atoms with Gasteiger partial charge in [-0.1, -0.05) is 42.8 Å². The summed E-state index contributed by atoms with van der Waals surface area (Å²) in [5.74, 6) is 2.49. The molecular weight excluding hydrogens is 296 g/mol. The van der Waals surface area contributed by atoms with Crippen LogP contribution in [0.15, 0.2) is 35.2 Å². The summed E-state index contributed by atoms with van der Waals surface area (Å²) in [7, 11) is 0. The number of nitrogens with one attached hydrogen (secondary N) is 1. The van der Waals surface area contributed by atoms with Crippen LogP contribution in [-0.2, 0) is 5.75 Å². The van der Waals surface area contributed by atoms with Crippen molar-refractivity contribution in [1.82, 2.24) is 9.97 Å². The lowest BCUT2D eigenvalue weighted by molar-refractivity contribution is 0.687. The molecule has 1 aromatic heterocycles. The van der Waals surface area contributed by atoms with E-state index < -0.39 is 0 Å². The minimum Gasteiger partial charge on any atom is -0.346 e. The Hall–Kier alpha value is -1.13. The summed E-state index contributed by atoms with van der Waals surface area (Å²) in [5, 5.41) is 0. The number of aromatic nitrogens is 2. The van der Waals surface area contributed by atoms with Crippen LogP contribution in [0.3, 0.4) is 0 Å². The molecule has 2 nitrogen and oxygen atoms in total. The van der Waals surface area contributed by atoms with Crippen molar-refractivity contribution in [2.75, 3.05) is 0 Å². The van der Waals surface area contributed by atoms with E-state index in [9.17, 15) is 0 Å². The number of hydrogen-bond acceptors (Lipinski definition) is 3. The van der Waals surface area contributed by atoms with Crippen LogP contribution in [-0.4, -0.2) is 9.97 Å².